The number of esters is 1. The van der Waals surface area contributed by atoms with Crippen molar-refractivity contribution in [1.82, 2.24) is 14.7 Å². The maximum Gasteiger partial charge on any atom is 0.323 e. The van der Waals surface area contributed by atoms with E-state index >= 15 is 4.39 Å². The van der Waals surface area contributed by atoms with Crippen molar-refractivity contribution in [3.63, 3.8) is 0 Å². The summed E-state index contributed by atoms with van der Waals surface area (Å²) in [5.74, 6) is 0.0182. The smallest absolute Gasteiger partial charge is 0.323 e. The highest BCUT2D eigenvalue weighted by Gasteiger charge is 2.39. The van der Waals surface area contributed by atoms with Gasteiger partial charge < -0.3 is 25.0 Å². The molecule has 0 radical (unpaired) electrons. The molecule has 2 atom stereocenters. The van der Waals surface area contributed by atoms with Crippen LogP contribution in [0.25, 0.3) is 0 Å². The molecule has 222 valence electrons. The van der Waals surface area contributed by atoms with Crippen molar-refractivity contribution in [3.05, 3.63) is 53.6 Å². The predicted molar refractivity (Wildman–Crippen MR) is 155 cm³/mol. The van der Waals surface area contributed by atoms with E-state index in [0.717, 1.165) is 12.0 Å². The zero-order valence-electron chi connectivity index (χ0n) is 24.0. The van der Waals surface area contributed by atoms with E-state index in [-0.39, 0.29) is 24.8 Å². The zero-order valence-corrected chi connectivity index (χ0v) is 24.0. The monoisotopic (exact) mass is 569 g/mol. The Morgan fingerprint density at radius 2 is 1.76 bits per heavy atom. The standard InChI is InChI=1S/C30H40FN5O5/c1-4-41-28(38)20-34-14-16-35(17-15-34)29(31)25-10-7-13-36(25)27(37)19-22-11-12-24(26(18-22)40-3)33-30(39)32-23-9-6-5-8-21(23)2/h5-6,8-9,11-12,18,25,29H,4,7,10,13-17,19-20H2,1-3H3,(H2,32,33,39)/t25-,29+/m0/s1. The molecule has 4 rings (SSSR count). The number of para-hydroxylation sites is 1. The maximum atomic E-state index is 15.7. The van der Waals surface area contributed by atoms with Gasteiger partial charge in [-0.1, -0.05) is 24.3 Å². The van der Waals surface area contributed by atoms with Crippen LogP contribution in [0.2, 0.25) is 0 Å². The first-order chi connectivity index (χ1) is 19.8. The van der Waals surface area contributed by atoms with E-state index in [0.29, 0.717) is 68.4 Å². The first-order valence-electron chi connectivity index (χ1n) is 14.1. The summed E-state index contributed by atoms with van der Waals surface area (Å²) in [4.78, 5) is 43.0. The lowest BCUT2D eigenvalue weighted by Crippen LogP contribution is -2.55. The molecule has 0 aliphatic carbocycles. The van der Waals surface area contributed by atoms with Gasteiger partial charge in [0.1, 0.15) is 5.75 Å². The predicted octanol–water partition coefficient (Wildman–Crippen LogP) is 3.66. The molecule has 41 heavy (non-hydrogen) atoms. The van der Waals surface area contributed by atoms with Gasteiger partial charge in [-0.15, -0.1) is 0 Å². The average Bonchev–Trinajstić information content (AvgIpc) is 3.45. The Labute approximate surface area is 240 Å². The summed E-state index contributed by atoms with van der Waals surface area (Å²) >= 11 is 0. The zero-order chi connectivity index (χ0) is 29.4. The lowest BCUT2D eigenvalue weighted by Gasteiger charge is -2.39. The number of rotatable bonds is 10. The fourth-order valence-electron chi connectivity index (χ4n) is 5.40. The average molecular weight is 570 g/mol. The fourth-order valence-corrected chi connectivity index (χ4v) is 5.40. The molecule has 2 aliphatic rings. The Hall–Kier alpha value is -3.70. The highest BCUT2D eigenvalue weighted by molar-refractivity contribution is 6.01. The molecule has 0 aromatic heterocycles. The minimum atomic E-state index is -1.26. The van der Waals surface area contributed by atoms with Crippen molar-refractivity contribution < 1.29 is 28.2 Å². The van der Waals surface area contributed by atoms with Crippen molar-refractivity contribution in [1.29, 1.82) is 0 Å². The second-order valence-corrected chi connectivity index (χ2v) is 10.4. The van der Waals surface area contributed by atoms with Crippen molar-refractivity contribution in [2.75, 3.05) is 63.6 Å². The van der Waals surface area contributed by atoms with Crippen LogP contribution in [0.4, 0.5) is 20.6 Å². The number of alkyl halides is 1. The summed E-state index contributed by atoms with van der Waals surface area (Å²) in [6.45, 7) is 6.87. The Kier molecular flexibility index (Phi) is 10.5. The van der Waals surface area contributed by atoms with Crippen LogP contribution in [-0.4, -0.2) is 97.9 Å². The third-order valence-electron chi connectivity index (χ3n) is 7.61. The number of amides is 3. The number of anilines is 2. The van der Waals surface area contributed by atoms with E-state index in [1.807, 2.05) is 36.1 Å². The number of urea groups is 1. The van der Waals surface area contributed by atoms with Gasteiger partial charge in [-0.2, -0.15) is 0 Å². The summed E-state index contributed by atoms with van der Waals surface area (Å²) < 4.78 is 26.2. The molecule has 0 unspecified atom stereocenters. The number of piperazine rings is 1. The summed E-state index contributed by atoms with van der Waals surface area (Å²) in [7, 11) is 1.50. The van der Waals surface area contributed by atoms with Gasteiger partial charge in [0, 0.05) is 38.4 Å². The number of ether oxygens (including phenoxy) is 2. The molecule has 2 heterocycles. The molecule has 10 nitrogen and oxygen atoms in total. The fraction of sp³-hybridized carbons (Fsp3) is 0.500. The molecular weight excluding hydrogens is 529 g/mol. The number of nitrogens with zero attached hydrogens (tertiary/aromatic N) is 3. The number of halogens is 1. The van der Waals surface area contributed by atoms with E-state index in [1.165, 1.54) is 7.11 Å². The van der Waals surface area contributed by atoms with E-state index in [2.05, 4.69) is 10.6 Å². The molecule has 2 aliphatic heterocycles. The second kappa shape index (κ2) is 14.3. The van der Waals surface area contributed by atoms with Crippen LogP contribution in [0.1, 0.15) is 30.9 Å². The van der Waals surface area contributed by atoms with Crippen molar-refractivity contribution in [2.45, 2.75) is 45.4 Å². The van der Waals surface area contributed by atoms with Gasteiger partial charge in [-0.25, -0.2) is 9.18 Å². The number of hydrogen-bond donors (Lipinski definition) is 2. The molecule has 3 amide bonds. The van der Waals surface area contributed by atoms with Gasteiger partial charge in [-0.3, -0.25) is 19.4 Å². The molecule has 0 spiro atoms. The van der Waals surface area contributed by atoms with Crippen molar-refractivity contribution >= 4 is 29.3 Å². The Morgan fingerprint density at radius 3 is 2.46 bits per heavy atom. The van der Waals surface area contributed by atoms with Gasteiger partial charge in [0.15, 0.2) is 6.30 Å². The summed E-state index contributed by atoms with van der Waals surface area (Å²) in [5, 5.41) is 5.62. The van der Waals surface area contributed by atoms with Crippen LogP contribution in [0.5, 0.6) is 5.75 Å². The van der Waals surface area contributed by atoms with Crippen LogP contribution < -0.4 is 15.4 Å². The van der Waals surface area contributed by atoms with Gasteiger partial charge in [0.05, 0.1) is 38.4 Å². The quantitative estimate of drug-likeness (QED) is 0.333. The lowest BCUT2D eigenvalue weighted by atomic mass is 10.1. The molecule has 2 saturated heterocycles. The van der Waals surface area contributed by atoms with Crippen LogP contribution in [0.3, 0.4) is 0 Å². The Bertz CT molecular complexity index is 1220. The number of nitrogens with one attached hydrogen (secondary N) is 2. The summed E-state index contributed by atoms with van der Waals surface area (Å²) in [6.07, 6.45) is 0.196. The first-order valence-corrected chi connectivity index (χ1v) is 14.1. The van der Waals surface area contributed by atoms with Gasteiger partial charge >= 0.3 is 12.0 Å². The largest absolute Gasteiger partial charge is 0.495 e. The normalized spacial score (nSPS) is 18.5. The molecule has 2 aromatic carbocycles. The van der Waals surface area contributed by atoms with Gasteiger partial charge in [-0.05, 0) is 56.0 Å². The molecule has 2 N–H and O–H groups in total. The topological polar surface area (TPSA) is 103 Å². The minimum absolute atomic E-state index is 0.0998. The first kappa shape index (κ1) is 30.3. The molecule has 2 aromatic rings. The molecule has 0 bridgehead atoms. The minimum Gasteiger partial charge on any atom is -0.495 e. The summed E-state index contributed by atoms with van der Waals surface area (Å²) in [6, 6.07) is 11.8. The van der Waals surface area contributed by atoms with Crippen LogP contribution in [0, 0.1) is 6.92 Å². The number of carbonyl (C=O) groups excluding carboxylic acids is 3. The number of benzene rings is 2. The van der Waals surface area contributed by atoms with Crippen molar-refractivity contribution in [2.24, 2.45) is 0 Å². The van der Waals surface area contributed by atoms with E-state index in [9.17, 15) is 14.4 Å². The van der Waals surface area contributed by atoms with E-state index < -0.39 is 18.4 Å². The molecule has 11 heteroatoms. The lowest BCUT2D eigenvalue weighted by molar-refractivity contribution is -0.145. The molecular formula is C30H40FN5O5. The van der Waals surface area contributed by atoms with E-state index in [1.54, 1.807) is 34.9 Å². The Balaban J connectivity index is 1.32. The number of aryl methyl sites for hydroxylation is 1. The summed E-state index contributed by atoms with van der Waals surface area (Å²) in [5.41, 5.74) is 2.83. The van der Waals surface area contributed by atoms with Gasteiger partial charge in [0.2, 0.25) is 5.91 Å². The number of carbonyl (C=O) groups is 3. The van der Waals surface area contributed by atoms with Crippen LogP contribution in [-0.2, 0) is 20.7 Å². The maximum absolute atomic E-state index is 15.7. The van der Waals surface area contributed by atoms with Crippen molar-refractivity contribution in [3.8, 4) is 5.75 Å². The second-order valence-electron chi connectivity index (χ2n) is 10.4. The molecule has 2 fully saturated rings. The van der Waals surface area contributed by atoms with Crippen LogP contribution >= 0.6 is 0 Å². The van der Waals surface area contributed by atoms with E-state index in [4.69, 9.17) is 9.47 Å². The third kappa shape index (κ3) is 7.95. The highest BCUT2D eigenvalue weighted by atomic mass is 19.1. The Morgan fingerprint density at radius 1 is 1.02 bits per heavy atom. The number of likely N-dealkylation sites (tertiary alicyclic amines) is 1. The number of methoxy groups -OCH3 is 1. The SMILES string of the molecule is CCOC(=O)CN1CCN([C@@H](F)[C@@H]2CCCN2C(=O)Cc2ccc(NC(=O)Nc3ccccc3C)c(OC)c2)CC1. The highest BCUT2D eigenvalue weighted by Crippen LogP contribution is 2.29. The number of hydrogen-bond acceptors (Lipinski definition) is 7. The molecule has 0 saturated carbocycles. The van der Waals surface area contributed by atoms with Gasteiger partial charge in [0.25, 0.3) is 0 Å². The third-order valence-corrected chi connectivity index (χ3v) is 7.61. The van der Waals surface area contributed by atoms with Crippen LogP contribution in [0.15, 0.2) is 42.5 Å².